The lowest BCUT2D eigenvalue weighted by Gasteiger charge is -2.25. The molecule has 3 nitrogen and oxygen atoms in total. The first-order chi connectivity index (χ1) is 8.72. The summed E-state index contributed by atoms with van der Waals surface area (Å²) in [5.41, 5.74) is 6.28. The van der Waals surface area contributed by atoms with Crippen molar-refractivity contribution in [1.29, 1.82) is 0 Å². The Morgan fingerprint density at radius 2 is 1.89 bits per heavy atom. The van der Waals surface area contributed by atoms with Gasteiger partial charge in [0.1, 0.15) is 5.75 Å². The molecule has 3 heteroatoms. The van der Waals surface area contributed by atoms with Crippen LogP contribution in [0.15, 0.2) is 24.3 Å². The molecule has 2 N–H and O–H groups in total. The van der Waals surface area contributed by atoms with Crippen LogP contribution >= 0.6 is 0 Å². The Balaban J connectivity index is 2.17. The molecule has 1 aliphatic carbocycles. The van der Waals surface area contributed by atoms with E-state index in [1.165, 1.54) is 0 Å². The maximum Gasteiger partial charge on any atom is 0.170 e. The Kier molecular flexibility index (Phi) is 4.02. The zero-order valence-corrected chi connectivity index (χ0v) is 10.9. The van der Waals surface area contributed by atoms with Crippen LogP contribution < -0.4 is 10.5 Å². The number of rotatable bonds is 5. The fourth-order valence-corrected chi connectivity index (χ4v) is 2.75. The molecule has 0 aliphatic heterocycles. The van der Waals surface area contributed by atoms with Crippen LogP contribution in [0.4, 0.5) is 0 Å². The van der Waals surface area contributed by atoms with Crippen molar-refractivity contribution in [3.63, 3.8) is 0 Å². The van der Waals surface area contributed by atoms with Crippen LogP contribution in [0, 0.1) is 5.41 Å². The fraction of sp³-hybridized carbons (Fsp3) is 0.533. The Morgan fingerprint density at radius 1 is 1.28 bits per heavy atom. The van der Waals surface area contributed by atoms with Gasteiger partial charge in [-0.25, -0.2) is 0 Å². The molecule has 0 spiro atoms. The number of benzene rings is 1. The highest BCUT2D eigenvalue weighted by atomic mass is 16.5. The molecule has 0 aromatic heterocycles. The van der Waals surface area contributed by atoms with Crippen LogP contribution in [0.2, 0.25) is 0 Å². The quantitative estimate of drug-likeness (QED) is 0.814. The van der Waals surface area contributed by atoms with Gasteiger partial charge in [0.25, 0.3) is 0 Å². The number of hydrogen-bond acceptors (Lipinski definition) is 3. The normalized spacial score (nSPS) is 17.7. The van der Waals surface area contributed by atoms with Gasteiger partial charge in [0.2, 0.25) is 0 Å². The SMILES string of the molecule is CCOc1ccc(C(=O)C2(CN)CCCC2)cc1. The van der Waals surface area contributed by atoms with Gasteiger partial charge in [0, 0.05) is 17.5 Å². The zero-order chi connectivity index (χ0) is 13.0. The van der Waals surface area contributed by atoms with Crippen molar-refractivity contribution in [3.8, 4) is 5.75 Å². The monoisotopic (exact) mass is 247 g/mol. The van der Waals surface area contributed by atoms with Crippen molar-refractivity contribution in [2.75, 3.05) is 13.2 Å². The first-order valence-corrected chi connectivity index (χ1v) is 6.69. The van der Waals surface area contributed by atoms with Crippen LogP contribution in [0.25, 0.3) is 0 Å². The van der Waals surface area contributed by atoms with E-state index in [-0.39, 0.29) is 11.2 Å². The lowest BCUT2D eigenvalue weighted by molar-refractivity contribution is 0.0810. The maximum absolute atomic E-state index is 12.5. The summed E-state index contributed by atoms with van der Waals surface area (Å²) in [6.45, 7) is 3.04. The first kappa shape index (κ1) is 13.1. The Bertz CT molecular complexity index is 405. The van der Waals surface area contributed by atoms with Crippen molar-refractivity contribution in [2.24, 2.45) is 11.1 Å². The third kappa shape index (κ3) is 2.41. The van der Waals surface area contributed by atoms with Crippen LogP contribution in [0.3, 0.4) is 0 Å². The summed E-state index contributed by atoms with van der Waals surface area (Å²) in [5, 5.41) is 0. The number of carbonyl (C=O) groups is 1. The molecule has 0 heterocycles. The average Bonchev–Trinajstić information content (AvgIpc) is 2.89. The molecule has 1 saturated carbocycles. The van der Waals surface area contributed by atoms with Crippen molar-refractivity contribution in [2.45, 2.75) is 32.6 Å². The largest absolute Gasteiger partial charge is 0.494 e. The molecule has 2 rings (SSSR count). The van der Waals surface area contributed by atoms with E-state index in [0.29, 0.717) is 13.2 Å². The fourth-order valence-electron chi connectivity index (χ4n) is 2.75. The zero-order valence-electron chi connectivity index (χ0n) is 10.9. The third-order valence-corrected chi connectivity index (χ3v) is 3.86. The summed E-state index contributed by atoms with van der Waals surface area (Å²) in [4.78, 5) is 12.5. The van der Waals surface area contributed by atoms with Gasteiger partial charge >= 0.3 is 0 Å². The number of ether oxygens (including phenoxy) is 1. The van der Waals surface area contributed by atoms with Gasteiger partial charge in [-0.05, 0) is 44.0 Å². The highest BCUT2D eigenvalue weighted by molar-refractivity contribution is 6.01. The first-order valence-electron chi connectivity index (χ1n) is 6.69. The van der Waals surface area contributed by atoms with Gasteiger partial charge in [-0.2, -0.15) is 0 Å². The third-order valence-electron chi connectivity index (χ3n) is 3.86. The van der Waals surface area contributed by atoms with Crippen molar-refractivity contribution in [3.05, 3.63) is 29.8 Å². The van der Waals surface area contributed by atoms with E-state index in [1.54, 1.807) is 0 Å². The Labute approximate surface area is 108 Å². The van der Waals surface area contributed by atoms with Crippen molar-refractivity contribution >= 4 is 5.78 Å². The topological polar surface area (TPSA) is 52.3 Å². The predicted octanol–water partition coefficient (Wildman–Crippen LogP) is 2.79. The average molecular weight is 247 g/mol. The summed E-state index contributed by atoms with van der Waals surface area (Å²) in [6.07, 6.45) is 4.07. The minimum absolute atomic E-state index is 0.200. The van der Waals surface area contributed by atoms with Gasteiger partial charge in [-0.3, -0.25) is 4.79 Å². The molecule has 0 amide bonds. The molecular formula is C15H21NO2. The number of nitrogens with two attached hydrogens (primary N) is 1. The predicted molar refractivity (Wildman–Crippen MR) is 71.9 cm³/mol. The molecular weight excluding hydrogens is 226 g/mol. The van der Waals surface area contributed by atoms with Crippen LogP contribution in [-0.4, -0.2) is 18.9 Å². The molecule has 0 atom stereocenters. The van der Waals surface area contributed by atoms with Crippen LogP contribution in [0.1, 0.15) is 43.0 Å². The Hall–Kier alpha value is -1.35. The summed E-state index contributed by atoms with van der Waals surface area (Å²) in [6, 6.07) is 7.41. The van der Waals surface area contributed by atoms with Crippen LogP contribution in [-0.2, 0) is 0 Å². The van der Waals surface area contributed by atoms with Crippen molar-refractivity contribution < 1.29 is 9.53 Å². The highest BCUT2D eigenvalue weighted by Gasteiger charge is 2.39. The number of ketones is 1. The van der Waals surface area contributed by atoms with E-state index in [4.69, 9.17) is 10.5 Å². The van der Waals surface area contributed by atoms with Gasteiger partial charge in [-0.1, -0.05) is 12.8 Å². The Morgan fingerprint density at radius 3 is 2.39 bits per heavy atom. The van der Waals surface area contributed by atoms with Crippen molar-refractivity contribution in [1.82, 2.24) is 0 Å². The van der Waals surface area contributed by atoms with Crippen LogP contribution in [0.5, 0.6) is 5.75 Å². The molecule has 98 valence electrons. The standard InChI is InChI=1S/C15H21NO2/c1-2-18-13-7-5-12(6-8-13)14(17)15(11-16)9-3-4-10-15/h5-8H,2-4,9-11,16H2,1H3. The van der Waals surface area contributed by atoms with Gasteiger partial charge < -0.3 is 10.5 Å². The van der Waals surface area contributed by atoms with Gasteiger partial charge in [0.05, 0.1) is 6.61 Å². The summed E-state index contributed by atoms with van der Waals surface area (Å²) >= 11 is 0. The molecule has 1 aromatic carbocycles. The van der Waals surface area contributed by atoms with E-state index in [2.05, 4.69) is 0 Å². The number of Topliss-reactive ketones (excluding diaryl/α,β-unsaturated/α-hetero) is 1. The van der Waals surface area contributed by atoms with Gasteiger partial charge in [-0.15, -0.1) is 0 Å². The molecule has 1 aliphatic rings. The number of hydrogen-bond donors (Lipinski definition) is 1. The smallest absolute Gasteiger partial charge is 0.170 e. The van der Waals surface area contributed by atoms with E-state index < -0.39 is 0 Å². The van der Waals surface area contributed by atoms with E-state index >= 15 is 0 Å². The van der Waals surface area contributed by atoms with E-state index in [0.717, 1.165) is 37.0 Å². The minimum atomic E-state index is -0.312. The number of carbonyl (C=O) groups excluding carboxylic acids is 1. The molecule has 0 bridgehead atoms. The second-order valence-corrected chi connectivity index (χ2v) is 4.98. The summed E-state index contributed by atoms with van der Waals surface area (Å²) in [5.74, 6) is 1.01. The van der Waals surface area contributed by atoms with Gasteiger partial charge in [0.15, 0.2) is 5.78 Å². The molecule has 1 aromatic rings. The molecule has 1 fully saturated rings. The van der Waals surface area contributed by atoms with E-state index in [9.17, 15) is 4.79 Å². The molecule has 0 unspecified atom stereocenters. The maximum atomic E-state index is 12.5. The lowest BCUT2D eigenvalue weighted by Crippen LogP contribution is -2.36. The lowest BCUT2D eigenvalue weighted by atomic mass is 9.79. The second-order valence-electron chi connectivity index (χ2n) is 4.98. The molecule has 18 heavy (non-hydrogen) atoms. The minimum Gasteiger partial charge on any atom is -0.494 e. The van der Waals surface area contributed by atoms with E-state index in [1.807, 2.05) is 31.2 Å². The molecule has 0 saturated heterocycles. The molecule has 0 radical (unpaired) electrons. The summed E-state index contributed by atoms with van der Waals surface area (Å²) in [7, 11) is 0. The summed E-state index contributed by atoms with van der Waals surface area (Å²) < 4.78 is 5.38. The second kappa shape index (κ2) is 5.53. The highest BCUT2D eigenvalue weighted by Crippen LogP contribution is 2.40.